The molecule has 1 heterocycles. The average Bonchev–Trinajstić information content (AvgIpc) is 2.73. The topological polar surface area (TPSA) is 92.5 Å². The first kappa shape index (κ1) is 14.7. The lowest BCUT2D eigenvalue weighted by molar-refractivity contribution is -0.124. The standard InChI is InChI=1S/C12H23N3O3S/c1-9-8-19(17,18)6-5-15(9)10-3-4-12(7-10,14-2)11(13)16/h9-10,14H,3-8H2,1-2H3,(H2,13,16). The molecule has 3 unspecified atom stereocenters. The smallest absolute Gasteiger partial charge is 0.237 e. The first-order valence-electron chi connectivity index (χ1n) is 6.75. The average molecular weight is 289 g/mol. The highest BCUT2D eigenvalue weighted by atomic mass is 32.2. The van der Waals surface area contributed by atoms with E-state index in [2.05, 4.69) is 10.2 Å². The second-order valence-electron chi connectivity index (χ2n) is 5.79. The van der Waals surface area contributed by atoms with Gasteiger partial charge in [-0.15, -0.1) is 0 Å². The van der Waals surface area contributed by atoms with Crippen LogP contribution in [-0.4, -0.2) is 61.9 Å². The predicted molar refractivity (Wildman–Crippen MR) is 73.4 cm³/mol. The summed E-state index contributed by atoms with van der Waals surface area (Å²) in [5.74, 6) is 0.124. The molecule has 0 aromatic heterocycles. The molecule has 2 aliphatic rings. The second-order valence-corrected chi connectivity index (χ2v) is 8.02. The molecule has 1 aliphatic carbocycles. The molecule has 0 aromatic rings. The van der Waals surface area contributed by atoms with Gasteiger partial charge < -0.3 is 11.1 Å². The highest BCUT2D eigenvalue weighted by Crippen LogP contribution is 2.34. The number of amides is 1. The van der Waals surface area contributed by atoms with Crippen LogP contribution in [-0.2, 0) is 14.6 Å². The van der Waals surface area contributed by atoms with Crippen molar-refractivity contribution in [3.63, 3.8) is 0 Å². The van der Waals surface area contributed by atoms with Crippen molar-refractivity contribution in [3.8, 4) is 0 Å². The van der Waals surface area contributed by atoms with Crippen LogP contribution < -0.4 is 11.1 Å². The van der Waals surface area contributed by atoms with Crippen LogP contribution in [0.2, 0.25) is 0 Å². The van der Waals surface area contributed by atoms with Crippen LogP contribution >= 0.6 is 0 Å². The molecule has 110 valence electrons. The second kappa shape index (κ2) is 5.03. The predicted octanol–water partition coefficient (Wildman–Crippen LogP) is -0.899. The Balaban J connectivity index is 2.07. The van der Waals surface area contributed by atoms with Crippen molar-refractivity contribution in [1.29, 1.82) is 0 Å². The van der Waals surface area contributed by atoms with E-state index in [-0.39, 0.29) is 29.5 Å². The highest BCUT2D eigenvalue weighted by Gasteiger charge is 2.46. The largest absolute Gasteiger partial charge is 0.368 e. The minimum atomic E-state index is -2.89. The van der Waals surface area contributed by atoms with Gasteiger partial charge in [0, 0.05) is 18.6 Å². The molecule has 0 aromatic carbocycles. The zero-order valence-corrected chi connectivity index (χ0v) is 12.4. The van der Waals surface area contributed by atoms with Gasteiger partial charge in [0.25, 0.3) is 0 Å². The summed E-state index contributed by atoms with van der Waals surface area (Å²) in [6, 6.07) is 0.259. The van der Waals surface area contributed by atoms with Gasteiger partial charge >= 0.3 is 0 Å². The summed E-state index contributed by atoms with van der Waals surface area (Å²) in [5.41, 5.74) is 4.87. The van der Waals surface area contributed by atoms with E-state index in [1.54, 1.807) is 7.05 Å². The number of likely N-dealkylation sites (N-methyl/N-ethyl adjacent to an activating group) is 1. The van der Waals surface area contributed by atoms with Gasteiger partial charge in [-0.1, -0.05) is 0 Å². The molecular weight excluding hydrogens is 266 g/mol. The minimum Gasteiger partial charge on any atom is -0.368 e. The number of nitrogens with two attached hydrogens (primary N) is 1. The molecule has 2 fully saturated rings. The van der Waals surface area contributed by atoms with Crippen molar-refractivity contribution in [2.45, 2.75) is 43.8 Å². The van der Waals surface area contributed by atoms with Crippen molar-refractivity contribution >= 4 is 15.7 Å². The summed E-state index contributed by atoms with van der Waals surface area (Å²) in [6.45, 7) is 2.51. The van der Waals surface area contributed by atoms with Gasteiger partial charge in [0.2, 0.25) is 5.91 Å². The molecular formula is C12H23N3O3S. The van der Waals surface area contributed by atoms with Crippen LogP contribution in [0.4, 0.5) is 0 Å². The number of hydrogen-bond acceptors (Lipinski definition) is 5. The third kappa shape index (κ3) is 2.78. The lowest BCUT2D eigenvalue weighted by Crippen LogP contribution is -2.55. The number of sulfone groups is 1. The summed E-state index contributed by atoms with van der Waals surface area (Å²) in [5, 5.41) is 3.06. The van der Waals surface area contributed by atoms with Crippen molar-refractivity contribution in [3.05, 3.63) is 0 Å². The number of rotatable bonds is 3. The molecule has 6 nitrogen and oxygen atoms in total. The van der Waals surface area contributed by atoms with Crippen molar-refractivity contribution < 1.29 is 13.2 Å². The van der Waals surface area contributed by atoms with E-state index in [0.29, 0.717) is 13.0 Å². The SMILES string of the molecule is CNC1(C(N)=O)CCC(N2CCS(=O)(=O)CC2C)C1. The summed E-state index contributed by atoms with van der Waals surface area (Å²) in [6.07, 6.45) is 2.27. The molecule has 3 atom stereocenters. The molecule has 3 N–H and O–H groups in total. The molecule has 19 heavy (non-hydrogen) atoms. The maximum atomic E-state index is 11.6. The third-order valence-corrected chi connectivity index (χ3v) is 6.42. The lowest BCUT2D eigenvalue weighted by atomic mass is 9.96. The molecule has 7 heteroatoms. The molecule has 0 bridgehead atoms. The molecule has 1 amide bonds. The van der Waals surface area contributed by atoms with Crippen molar-refractivity contribution in [2.24, 2.45) is 5.73 Å². The van der Waals surface area contributed by atoms with Crippen LogP contribution in [0.1, 0.15) is 26.2 Å². The highest BCUT2D eigenvalue weighted by molar-refractivity contribution is 7.91. The molecule has 1 aliphatic heterocycles. The summed E-state index contributed by atoms with van der Waals surface area (Å²) in [7, 11) is -1.13. The van der Waals surface area contributed by atoms with Gasteiger partial charge in [-0.25, -0.2) is 8.42 Å². The Morgan fingerprint density at radius 2 is 2.16 bits per heavy atom. The van der Waals surface area contributed by atoms with Crippen molar-refractivity contribution in [2.75, 3.05) is 25.1 Å². The maximum absolute atomic E-state index is 11.6. The fraction of sp³-hybridized carbons (Fsp3) is 0.917. The fourth-order valence-corrected chi connectivity index (χ4v) is 5.01. The molecule has 0 spiro atoms. The summed E-state index contributed by atoms with van der Waals surface area (Å²) >= 11 is 0. The molecule has 1 saturated heterocycles. The van der Waals surface area contributed by atoms with Crippen molar-refractivity contribution in [1.82, 2.24) is 10.2 Å². The Bertz CT molecular complexity index is 465. The molecule has 2 rings (SSSR count). The Hall–Kier alpha value is -0.660. The summed E-state index contributed by atoms with van der Waals surface area (Å²) < 4.78 is 23.2. The Morgan fingerprint density at radius 1 is 1.47 bits per heavy atom. The molecule has 0 radical (unpaired) electrons. The normalized spacial score (nSPS) is 39.3. The first-order chi connectivity index (χ1) is 8.80. The van der Waals surface area contributed by atoms with E-state index in [4.69, 9.17) is 5.73 Å². The van der Waals surface area contributed by atoms with E-state index in [0.717, 1.165) is 12.8 Å². The van der Waals surface area contributed by atoms with Gasteiger partial charge in [-0.2, -0.15) is 0 Å². The van der Waals surface area contributed by atoms with Gasteiger partial charge in [0.1, 0.15) is 0 Å². The van der Waals surface area contributed by atoms with Gasteiger partial charge in [0.15, 0.2) is 9.84 Å². The first-order valence-corrected chi connectivity index (χ1v) is 8.57. The van der Waals surface area contributed by atoms with Gasteiger partial charge in [-0.05, 0) is 33.2 Å². The van der Waals surface area contributed by atoms with Crippen LogP contribution in [0, 0.1) is 0 Å². The zero-order valence-electron chi connectivity index (χ0n) is 11.6. The van der Waals surface area contributed by atoms with E-state index in [9.17, 15) is 13.2 Å². The maximum Gasteiger partial charge on any atom is 0.237 e. The zero-order chi connectivity index (χ0) is 14.3. The number of hydrogen-bond donors (Lipinski definition) is 2. The molecule has 1 saturated carbocycles. The van der Waals surface area contributed by atoms with Crippen LogP contribution in [0.5, 0.6) is 0 Å². The van der Waals surface area contributed by atoms with E-state index < -0.39 is 15.4 Å². The number of nitrogens with zero attached hydrogens (tertiary/aromatic N) is 1. The fourth-order valence-electron chi connectivity index (χ4n) is 3.43. The van der Waals surface area contributed by atoms with Crippen LogP contribution in [0.25, 0.3) is 0 Å². The Morgan fingerprint density at radius 3 is 2.63 bits per heavy atom. The number of carbonyl (C=O) groups excluding carboxylic acids is 1. The third-order valence-electron chi connectivity index (χ3n) is 4.63. The number of carbonyl (C=O) groups is 1. The monoisotopic (exact) mass is 289 g/mol. The minimum absolute atomic E-state index is 0.0179. The number of primary amides is 1. The van der Waals surface area contributed by atoms with Gasteiger partial charge in [0.05, 0.1) is 17.0 Å². The Kier molecular flexibility index (Phi) is 3.90. The Labute approximate surface area is 114 Å². The van der Waals surface area contributed by atoms with Gasteiger partial charge in [-0.3, -0.25) is 9.69 Å². The van der Waals surface area contributed by atoms with Crippen LogP contribution in [0.15, 0.2) is 0 Å². The number of nitrogens with one attached hydrogen (secondary N) is 1. The van der Waals surface area contributed by atoms with Crippen LogP contribution in [0.3, 0.4) is 0 Å². The lowest BCUT2D eigenvalue weighted by Gasteiger charge is -2.38. The summed E-state index contributed by atoms with van der Waals surface area (Å²) in [4.78, 5) is 13.8. The quantitative estimate of drug-likeness (QED) is 0.702. The van der Waals surface area contributed by atoms with E-state index >= 15 is 0 Å². The van der Waals surface area contributed by atoms with E-state index in [1.807, 2.05) is 6.92 Å². The van der Waals surface area contributed by atoms with E-state index in [1.165, 1.54) is 0 Å².